The van der Waals surface area contributed by atoms with E-state index in [9.17, 15) is 8.78 Å². The van der Waals surface area contributed by atoms with Gasteiger partial charge in [-0.05, 0) is 31.5 Å². The molecule has 0 radical (unpaired) electrons. The summed E-state index contributed by atoms with van der Waals surface area (Å²) < 4.78 is 35.4. The van der Waals surface area contributed by atoms with Gasteiger partial charge in [-0.1, -0.05) is 36.4 Å². The van der Waals surface area contributed by atoms with Gasteiger partial charge >= 0.3 is 6.61 Å². The fourth-order valence-corrected chi connectivity index (χ4v) is 2.82. The highest BCUT2D eigenvalue weighted by molar-refractivity contribution is 5.82. The molecule has 1 aromatic heterocycles. The number of hydrogen-bond acceptors (Lipinski definition) is 3. The maximum atomic E-state index is 12.5. The van der Waals surface area contributed by atoms with Crippen LogP contribution in [0.4, 0.5) is 8.78 Å². The van der Waals surface area contributed by atoms with E-state index >= 15 is 0 Å². The van der Waals surface area contributed by atoms with Crippen LogP contribution >= 0.6 is 0 Å². The molecular formula is C19H19F2NO2. The monoisotopic (exact) mass is 331 g/mol. The molecular weight excluding hydrogens is 312 g/mol. The Kier molecular flexibility index (Phi) is 4.81. The quantitative estimate of drug-likeness (QED) is 0.675. The van der Waals surface area contributed by atoms with Crippen LogP contribution in [0.1, 0.15) is 29.9 Å². The van der Waals surface area contributed by atoms with Crippen LogP contribution < -0.4 is 10.1 Å². The number of aryl methyl sites for hydroxylation is 1. The minimum absolute atomic E-state index is 0.0583. The van der Waals surface area contributed by atoms with Gasteiger partial charge in [0, 0.05) is 17.5 Å². The average Bonchev–Trinajstić information content (AvgIpc) is 2.91. The molecule has 2 aromatic carbocycles. The van der Waals surface area contributed by atoms with Gasteiger partial charge in [-0.25, -0.2) is 0 Å². The van der Waals surface area contributed by atoms with Crippen LogP contribution in [0.25, 0.3) is 11.0 Å². The molecule has 1 N–H and O–H groups in total. The maximum Gasteiger partial charge on any atom is 0.387 e. The largest absolute Gasteiger partial charge is 0.459 e. The van der Waals surface area contributed by atoms with Crippen molar-refractivity contribution in [1.82, 2.24) is 5.32 Å². The Labute approximate surface area is 139 Å². The van der Waals surface area contributed by atoms with Gasteiger partial charge in [-0.2, -0.15) is 8.78 Å². The molecule has 0 spiro atoms. The van der Waals surface area contributed by atoms with Gasteiger partial charge in [0.25, 0.3) is 0 Å². The predicted octanol–water partition coefficient (Wildman–Crippen LogP) is 5.19. The Morgan fingerprint density at radius 3 is 2.54 bits per heavy atom. The first-order valence-corrected chi connectivity index (χ1v) is 7.80. The van der Waals surface area contributed by atoms with Crippen molar-refractivity contribution in [2.45, 2.75) is 33.0 Å². The van der Waals surface area contributed by atoms with Crippen molar-refractivity contribution < 1.29 is 17.9 Å². The summed E-state index contributed by atoms with van der Waals surface area (Å²) in [6.07, 6.45) is 0. The zero-order valence-electron chi connectivity index (χ0n) is 13.6. The number of fused-ring (bicyclic) bond motifs is 1. The summed E-state index contributed by atoms with van der Waals surface area (Å²) in [6.45, 7) is 1.58. The number of ether oxygens (including phenoxy) is 1. The first kappa shape index (κ1) is 16.5. The second-order valence-corrected chi connectivity index (χ2v) is 5.68. The summed E-state index contributed by atoms with van der Waals surface area (Å²) in [6, 6.07) is 14.6. The average molecular weight is 331 g/mol. The number of hydrogen-bond donors (Lipinski definition) is 1. The van der Waals surface area contributed by atoms with E-state index < -0.39 is 6.61 Å². The van der Waals surface area contributed by atoms with Crippen molar-refractivity contribution in [1.29, 1.82) is 0 Å². The SMILES string of the molecule is Cc1c(C(C)NCc2ccccc2OC(F)F)oc2ccccc12. The molecule has 5 heteroatoms. The first-order chi connectivity index (χ1) is 11.6. The van der Waals surface area contributed by atoms with E-state index in [0.717, 1.165) is 22.3 Å². The smallest absolute Gasteiger partial charge is 0.387 e. The number of para-hydroxylation sites is 2. The molecule has 0 saturated heterocycles. The number of furan rings is 1. The summed E-state index contributed by atoms with van der Waals surface area (Å²) in [5.41, 5.74) is 2.61. The van der Waals surface area contributed by atoms with Crippen molar-refractivity contribution in [3.05, 3.63) is 65.4 Å². The third-order valence-corrected chi connectivity index (χ3v) is 4.06. The van der Waals surface area contributed by atoms with E-state index in [4.69, 9.17) is 4.42 Å². The summed E-state index contributed by atoms with van der Waals surface area (Å²) in [4.78, 5) is 0. The van der Waals surface area contributed by atoms with Gasteiger partial charge < -0.3 is 14.5 Å². The van der Waals surface area contributed by atoms with E-state index in [1.165, 1.54) is 0 Å². The summed E-state index contributed by atoms with van der Waals surface area (Å²) >= 11 is 0. The van der Waals surface area contributed by atoms with Crippen molar-refractivity contribution in [2.24, 2.45) is 0 Å². The Balaban J connectivity index is 1.76. The van der Waals surface area contributed by atoms with E-state index in [0.29, 0.717) is 12.1 Å². The standard InChI is InChI=1S/C19H19F2NO2/c1-12-15-8-4-6-10-17(15)23-18(12)13(2)22-11-14-7-3-5-9-16(14)24-19(20)21/h3-10,13,19,22H,11H2,1-2H3. The van der Waals surface area contributed by atoms with Crippen molar-refractivity contribution in [3.63, 3.8) is 0 Å². The molecule has 24 heavy (non-hydrogen) atoms. The maximum absolute atomic E-state index is 12.5. The topological polar surface area (TPSA) is 34.4 Å². The fourth-order valence-electron chi connectivity index (χ4n) is 2.82. The summed E-state index contributed by atoms with van der Waals surface area (Å²) in [5, 5.41) is 4.40. The number of benzene rings is 2. The second-order valence-electron chi connectivity index (χ2n) is 5.68. The Hall–Kier alpha value is -2.40. The number of alkyl halides is 2. The molecule has 0 amide bonds. The molecule has 3 aromatic rings. The van der Waals surface area contributed by atoms with Gasteiger partial charge in [0.05, 0.1) is 6.04 Å². The van der Waals surface area contributed by atoms with Crippen molar-refractivity contribution >= 4 is 11.0 Å². The van der Waals surface area contributed by atoms with Crippen molar-refractivity contribution in [3.8, 4) is 5.75 Å². The van der Waals surface area contributed by atoms with Gasteiger partial charge in [-0.3, -0.25) is 0 Å². The van der Waals surface area contributed by atoms with E-state index in [1.54, 1.807) is 24.3 Å². The highest BCUT2D eigenvalue weighted by Crippen LogP contribution is 2.29. The third-order valence-electron chi connectivity index (χ3n) is 4.06. The molecule has 126 valence electrons. The molecule has 1 atom stereocenters. The number of nitrogens with one attached hydrogen (secondary N) is 1. The van der Waals surface area contributed by atoms with Crippen molar-refractivity contribution in [2.75, 3.05) is 0 Å². The third kappa shape index (κ3) is 3.41. The van der Waals surface area contributed by atoms with E-state index in [-0.39, 0.29) is 11.8 Å². The van der Waals surface area contributed by atoms with Crippen LogP contribution in [0.15, 0.2) is 52.9 Å². The van der Waals surface area contributed by atoms with E-state index in [2.05, 4.69) is 10.1 Å². The Morgan fingerprint density at radius 2 is 1.79 bits per heavy atom. The lowest BCUT2D eigenvalue weighted by atomic mass is 10.1. The molecule has 1 unspecified atom stereocenters. The molecule has 3 nitrogen and oxygen atoms in total. The molecule has 0 saturated carbocycles. The number of halogens is 2. The molecule has 0 bridgehead atoms. The lowest BCUT2D eigenvalue weighted by Crippen LogP contribution is -2.19. The minimum atomic E-state index is -2.83. The highest BCUT2D eigenvalue weighted by atomic mass is 19.3. The van der Waals surface area contributed by atoms with E-state index in [1.807, 2.05) is 38.1 Å². The Bertz CT molecular complexity index is 829. The lowest BCUT2D eigenvalue weighted by Gasteiger charge is -2.15. The Morgan fingerprint density at radius 1 is 1.08 bits per heavy atom. The van der Waals surface area contributed by atoms with Crippen LogP contribution in [0.5, 0.6) is 5.75 Å². The first-order valence-electron chi connectivity index (χ1n) is 7.80. The normalized spacial score (nSPS) is 12.7. The van der Waals surface area contributed by atoms with Gasteiger partial charge in [0.15, 0.2) is 0 Å². The van der Waals surface area contributed by atoms with Crippen LogP contribution in [0, 0.1) is 6.92 Å². The fraction of sp³-hybridized carbons (Fsp3) is 0.263. The van der Waals surface area contributed by atoms with Crippen LogP contribution in [-0.4, -0.2) is 6.61 Å². The molecule has 0 aliphatic heterocycles. The molecule has 3 rings (SSSR count). The van der Waals surface area contributed by atoms with Crippen LogP contribution in [0.3, 0.4) is 0 Å². The zero-order valence-corrected chi connectivity index (χ0v) is 13.6. The minimum Gasteiger partial charge on any atom is -0.459 e. The predicted molar refractivity (Wildman–Crippen MR) is 89.3 cm³/mol. The number of rotatable bonds is 6. The summed E-state index contributed by atoms with van der Waals surface area (Å²) in [7, 11) is 0. The molecule has 1 heterocycles. The van der Waals surface area contributed by atoms with Gasteiger partial charge in [0.2, 0.25) is 0 Å². The summed E-state index contributed by atoms with van der Waals surface area (Å²) in [5.74, 6) is 1.04. The zero-order chi connectivity index (χ0) is 17.1. The molecule has 0 aliphatic carbocycles. The highest BCUT2D eigenvalue weighted by Gasteiger charge is 2.17. The lowest BCUT2D eigenvalue weighted by molar-refractivity contribution is -0.0505. The van der Waals surface area contributed by atoms with Gasteiger partial charge in [-0.15, -0.1) is 0 Å². The van der Waals surface area contributed by atoms with Gasteiger partial charge in [0.1, 0.15) is 17.1 Å². The molecule has 0 aliphatic rings. The van der Waals surface area contributed by atoms with Crippen LogP contribution in [-0.2, 0) is 6.54 Å². The second kappa shape index (κ2) is 7.01. The molecule has 0 fully saturated rings. The van der Waals surface area contributed by atoms with Crippen LogP contribution in [0.2, 0.25) is 0 Å².